The van der Waals surface area contributed by atoms with Crippen LogP contribution in [0.3, 0.4) is 0 Å². The lowest BCUT2D eigenvalue weighted by Gasteiger charge is -2.11. The number of nitrogens with one attached hydrogen (secondary N) is 2. The van der Waals surface area contributed by atoms with Gasteiger partial charge in [0.05, 0.1) is 0 Å². The third kappa shape index (κ3) is 4.36. The molecule has 2 heterocycles. The van der Waals surface area contributed by atoms with Crippen LogP contribution in [0.5, 0.6) is 0 Å². The van der Waals surface area contributed by atoms with Gasteiger partial charge in [-0.3, -0.25) is 0 Å². The van der Waals surface area contributed by atoms with E-state index in [1.165, 1.54) is 0 Å². The Hall–Kier alpha value is -3.23. The third-order valence-electron chi connectivity index (χ3n) is 4.18. The van der Waals surface area contributed by atoms with E-state index in [1.54, 1.807) is 24.5 Å². The molecular weight excluding hydrogens is 369 g/mol. The van der Waals surface area contributed by atoms with Crippen molar-refractivity contribution in [3.05, 3.63) is 54.1 Å². The summed E-state index contributed by atoms with van der Waals surface area (Å²) < 4.78 is 38.5. The van der Waals surface area contributed by atoms with Crippen LogP contribution < -0.4 is 10.6 Å². The van der Waals surface area contributed by atoms with Crippen molar-refractivity contribution in [2.24, 2.45) is 0 Å². The summed E-state index contributed by atoms with van der Waals surface area (Å²) in [6.45, 7) is 1.89. The van der Waals surface area contributed by atoms with Crippen LogP contribution in [0.15, 0.2) is 42.9 Å². The predicted molar refractivity (Wildman–Crippen MR) is 99.2 cm³/mol. The van der Waals surface area contributed by atoms with Crippen molar-refractivity contribution in [2.75, 3.05) is 10.6 Å². The second-order valence-electron chi connectivity index (χ2n) is 6.69. The van der Waals surface area contributed by atoms with Gasteiger partial charge in [-0.25, -0.2) is 19.9 Å². The Morgan fingerprint density at radius 3 is 2.39 bits per heavy atom. The molecule has 2 N–H and O–H groups in total. The molecule has 2 aromatic heterocycles. The molecule has 1 aliphatic carbocycles. The fourth-order valence-electron chi connectivity index (χ4n) is 2.69. The minimum atomic E-state index is -4.52. The van der Waals surface area contributed by atoms with E-state index in [4.69, 9.17) is 0 Å². The van der Waals surface area contributed by atoms with Gasteiger partial charge in [0.2, 0.25) is 11.9 Å². The molecule has 3 aromatic rings. The maximum Gasteiger partial charge on any atom is 0.433 e. The molecule has 1 fully saturated rings. The number of halogens is 3. The average molecular weight is 386 g/mol. The topological polar surface area (TPSA) is 75.6 Å². The number of alkyl halides is 3. The number of nitrogens with zero attached hydrogens (tertiary/aromatic N) is 4. The van der Waals surface area contributed by atoms with Gasteiger partial charge in [-0.2, -0.15) is 13.2 Å². The molecule has 28 heavy (non-hydrogen) atoms. The maximum atomic E-state index is 12.8. The highest BCUT2D eigenvalue weighted by molar-refractivity contribution is 5.70. The number of hydrogen-bond donors (Lipinski definition) is 2. The molecule has 0 unspecified atom stereocenters. The van der Waals surface area contributed by atoms with Gasteiger partial charge in [0.1, 0.15) is 5.69 Å². The smallest absolute Gasteiger partial charge is 0.351 e. The summed E-state index contributed by atoms with van der Waals surface area (Å²) in [7, 11) is 0. The molecule has 0 bridgehead atoms. The first kappa shape index (κ1) is 18.1. The van der Waals surface area contributed by atoms with Crippen LogP contribution in [0.4, 0.5) is 30.8 Å². The van der Waals surface area contributed by atoms with Crippen LogP contribution in [0.1, 0.15) is 24.1 Å². The van der Waals surface area contributed by atoms with E-state index in [-0.39, 0.29) is 5.95 Å². The van der Waals surface area contributed by atoms with Crippen LogP contribution in [0.25, 0.3) is 11.1 Å². The summed E-state index contributed by atoms with van der Waals surface area (Å²) in [5.74, 6) is 0.473. The first-order valence-electron chi connectivity index (χ1n) is 8.75. The zero-order valence-corrected chi connectivity index (χ0v) is 15.0. The molecule has 1 aliphatic rings. The van der Waals surface area contributed by atoms with E-state index in [1.807, 2.05) is 13.0 Å². The Morgan fingerprint density at radius 2 is 1.71 bits per heavy atom. The molecule has 1 saturated carbocycles. The lowest BCUT2D eigenvalue weighted by molar-refractivity contribution is -0.141. The summed E-state index contributed by atoms with van der Waals surface area (Å²) in [6, 6.07) is 6.85. The van der Waals surface area contributed by atoms with Crippen LogP contribution >= 0.6 is 0 Å². The quantitative estimate of drug-likeness (QED) is 0.669. The highest BCUT2D eigenvalue weighted by atomic mass is 19.4. The first-order chi connectivity index (χ1) is 13.4. The van der Waals surface area contributed by atoms with Crippen molar-refractivity contribution in [1.29, 1.82) is 0 Å². The van der Waals surface area contributed by atoms with Crippen molar-refractivity contribution in [1.82, 2.24) is 19.9 Å². The number of benzene rings is 1. The van der Waals surface area contributed by atoms with E-state index < -0.39 is 11.9 Å². The Bertz CT molecular complexity index is 984. The average Bonchev–Trinajstić information content (AvgIpc) is 3.45. The normalized spacial score (nSPS) is 14.0. The van der Waals surface area contributed by atoms with Gasteiger partial charge in [0.15, 0.2) is 0 Å². The molecule has 4 rings (SSSR count). The van der Waals surface area contributed by atoms with Crippen molar-refractivity contribution in [2.45, 2.75) is 32.0 Å². The summed E-state index contributed by atoms with van der Waals surface area (Å²) in [5, 5.41) is 6.06. The number of anilines is 3. The molecule has 0 spiro atoms. The Morgan fingerprint density at radius 1 is 0.964 bits per heavy atom. The van der Waals surface area contributed by atoms with Crippen LogP contribution in [-0.2, 0) is 6.18 Å². The van der Waals surface area contributed by atoms with Crippen molar-refractivity contribution in [3.63, 3.8) is 0 Å². The highest BCUT2D eigenvalue weighted by Gasteiger charge is 2.32. The lowest BCUT2D eigenvalue weighted by Crippen LogP contribution is -2.10. The third-order valence-corrected chi connectivity index (χ3v) is 4.18. The van der Waals surface area contributed by atoms with Gasteiger partial charge in [-0.15, -0.1) is 0 Å². The van der Waals surface area contributed by atoms with Gasteiger partial charge in [-0.05, 0) is 49.1 Å². The number of hydrogen-bond acceptors (Lipinski definition) is 6. The minimum absolute atomic E-state index is 0.119. The zero-order valence-electron chi connectivity index (χ0n) is 15.0. The Labute approximate surface area is 159 Å². The standard InChI is InChI=1S/C19H17F3N6/c1-11-6-12(13-9-24-17(25-10-13)26-14-2-3-14)8-15(7-11)27-18-23-5-4-16(28-18)19(20,21)22/h4-10,14H,2-3H2,1H3,(H,23,27,28)(H,24,25,26). The van der Waals surface area contributed by atoms with Gasteiger partial charge in [0, 0.05) is 35.9 Å². The molecule has 0 radical (unpaired) electrons. The van der Waals surface area contributed by atoms with Gasteiger partial charge in [0.25, 0.3) is 0 Å². The molecule has 0 amide bonds. The fraction of sp³-hybridized carbons (Fsp3) is 0.263. The van der Waals surface area contributed by atoms with Crippen LogP contribution in [0.2, 0.25) is 0 Å². The summed E-state index contributed by atoms with van der Waals surface area (Å²) in [4.78, 5) is 16.1. The van der Waals surface area contributed by atoms with E-state index in [2.05, 4.69) is 30.6 Å². The minimum Gasteiger partial charge on any atom is -0.351 e. The molecule has 0 atom stereocenters. The first-order valence-corrected chi connectivity index (χ1v) is 8.75. The van der Waals surface area contributed by atoms with Gasteiger partial charge >= 0.3 is 6.18 Å². The highest BCUT2D eigenvalue weighted by Crippen LogP contribution is 2.29. The molecular formula is C19H17F3N6. The summed E-state index contributed by atoms with van der Waals surface area (Å²) in [6.07, 6.45) is 2.26. The molecule has 144 valence electrons. The molecule has 0 saturated heterocycles. The van der Waals surface area contributed by atoms with E-state index in [9.17, 15) is 13.2 Å². The maximum absolute atomic E-state index is 12.8. The van der Waals surface area contributed by atoms with Crippen LogP contribution in [0, 0.1) is 6.92 Å². The second-order valence-corrected chi connectivity index (χ2v) is 6.69. The fourth-order valence-corrected chi connectivity index (χ4v) is 2.69. The molecule has 9 heteroatoms. The zero-order chi connectivity index (χ0) is 19.7. The van der Waals surface area contributed by atoms with E-state index in [0.29, 0.717) is 17.7 Å². The number of aromatic nitrogens is 4. The van der Waals surface area contributed by atoms with Gasteiger partial charge < -0.3 is 10.6 Å². The number of rotatable bonds is 5. The summed E-state index contributed by atoms with van der Waals surface area (Å²) >= 11 is 0. The number of aryl methyl sites for hydroxylation is 1. The SMILES string of the molecule is Cc1cc(Nc2nccc(C(F)(F)F)n2)cc(-c2cnc(NC3CC3)nc2)c1. The predicted octanol–water partition coefficient (Wildman–Crippen LogP) is 4.58. The molecule has 1 aromatic carbocycles. The summed E-state index contributed by atoms with van der Waals surface area (Å²) in [5.41, 5.74) is 2.15. The monoisotopic (exact) mass is 386 g/mol. The van der Waals surface area contributed by atoms with Crippen molar-refractivity contribution >= 4 is 17.6 Å². The second kappa shape index (κ2) is 7.06. The molecule has 0 aliphatic heterocycles. The van der Waals surface area contributed by atoms with Crippen molar-refractivity contribution < 1.29 is 13.2 Å². The van der Waals surface area contributed by atoms with E-state index in [0.717, 1.165) is 41.8 Å². The van der Waals surface area contributed by atoms with Crippen molar-refractivity contribution in [3.8, 4) is 11.1 Å². The van der Waals surface area contributed by atoms with Crippen LogP contribution in [-0.4, -0.2) is 26.0 Å². The lowest BCUT2D eigenvalue weighted by atomic mass is 10.1. The Balaban J connectivity index is 1.57. The largest absolute Gasteiger partial charge is 0.433 e. The molecule has 6 nitrogen and oxygen atoms in total. The van der Waals surface area contributed by atoms with Gasteiger partial charge in [-0.1, -0.05) is 6.07 Å². The van der Waals surface area contributed by atoms with E-state index >= 15 is 0 Å². The Kier molecular flexibility index (Phi) is 4.58.